The summed E-state index contributed by atoms with van der Waals surface area (Å²) in [5.41, 5.74) is 2.94. The molecule has 4 aromatic rings. The van der Waals surface area contributed by atoms with Gasteiger partial charge in [0.1, 0.15) is 18.5 Å². The van der Waals surface area contributed by atoms with Crippen molar-refractivity contribution >= 4 is 28.7 Å². The van der Waals surface area contributed by atoms with Crippen molar-refractivity contribution in [2.75, 3.05) is 23.7 Å². The van der Waals surface area contributed by atoms with Gasteiger partial charge in [-0.05, 0) is 38.3 Å². The maximum Gasteiger partial charge on any atom is 0.211 e. The van der Waals surface area contributed by atoms with E-state index in [4.69, 9.17) is 4.98 Å². The molecule has 0 spiro atoms. The minimum atomic E-state index is 0.170. The number of anilines is 3. The minimum absolute atomic E-state index is 0.170. The van der Waals surface area contributed by atoms with Crippen molar-refractivity contribution in [3.63, 3.8) is 0 Å². The molecule has 5 rings (SSSR count). The van der Waals surface area contributed by atoms with Crippen LogP contribution in [-0.4, -0.2) is 53.5 Å². The van der Waals surface area contributed by atoms with Gasteiger partial charge in [0.15, 0.2) is 17.0 Å². The molecule has 0 atom stereocenters. The monoisotopic (exact) mass is 443 g/mol. The van der Waals surface area contributed by atoms with Gasteiger partial charge in [0.2, 0.25) is 5.95 Å². The highest BCUT2D eigenvalue weighted by molar-refractivity contribution is 5.86. The van der Waals surface area contributed by atoms with Crippen LogP contribution in [0.3, 0.4) is 0 Å². The van der Waals surface area contributed by atoms with Crippen LogP contribution >= 0.6 is 0 Å². The average Bonchev–Trinajstić information content (AvgIpc) is 3.21. The van der Waals surface area contributed by atoms with Gasteiger partial charge in [-0.3, -0.25) is 9.47 Å². The van der Waals surface area contributed by atoms with E-state index in [2.05, 4.69) is 84.2 Å². The lowest BCUT2D eigenvalue weighted by Gasteiger charge is -2.32. The van der Waals surface area contributed by atoms with E-state index in [0.717, 1.165) is 49.5 Å². The molecule has 1 fully saturated rings. The van der Waals surface area contributed by atoms with Crippen LogP contribution in [0.5, 0.6) is 0 Å². The van der Waals surface area contributed by atoms with E-state index in [-0.39, 0.29) is 6.04 Å². The van der Waals surface area contributed by atoms with Crippen LogP contribution in [0.4, 0.5) is 17.6 Å². The summed E-state index contributed by atoms with van der Waals surface area (Å²) >= 11 is 0. The van der Waals surface area contributed by atoms with Crippen LogP contribution in [-0.2, 0) is 6.54 Å². The quantitative estimate of drug-likeness (QED) is 0.442. The molecule has 0 bridgehead atoms. The van der Waals surface area contributed by atoms with Crippen LogP contribution in [0.1, 0.15) is 38.3 Å². The SMILES string of the molecule is CC(C)n1c(Nc2ccncn2)nc2c(NC3CCN(Cc4ccccc4)CC3)ncnc21. The van der Waals surface area contributed by atoms with Gasteiger partial charge < -0.3 is 10.6 Å². The van der Waals surface area contributed by atoms with Crippen LogP contribution in [0.2, 0.25) is 0 Å². The molecule has 1 aliphatic rings. The fourth-order valence-corrected chi connectivity index (χ4v) is 4.34. The molecule has 1 aliphatic heterocycles. The van der Waals surface area contributed by atoms with E-state index in [1.807, 2.05) is 6.07 Å². The van der Waals surface area contributed by atoms with Crippen molar-refractivity contribution in [1.29, 1.82) is 0 Å². The number of likely N-dealkylation sites (tertiary alicyclic amines) is 1. The fourth-order valence-electron chi connectivity index (χ4n) is 4.34. The number of nitrogens with one attached hydrogen (secondary N) is 2. The zero-order valence-corrected chi connectivity index (χ0v) is 19.0. The van der Waals surface area contributed by atoms with Gasteiger partial charge in [-0.2, -0.15) is 0 Å². The first-order chi connectivity index (χ1) is 16.2. The van der Waals surface area contributed by atoms with Crippen LogP contribution in [0, 0.1) is 0 Å². The molecule has 33 heavy (non-hydrogen) atoms. The van der Waals surface area contributed by atoms with Crippen molar-refractivity contribution in [2.24, 2.45) is 0 Å². The van der Waals surface area contributed by atoms with Gasteiger partial charge in [-0.15, -0.1) is 0 Å². The third kappa shape index (κ3) is 4.78. The Balaban J connectivity index is 1.32. The standard InChI is InChI=1S/C24H29N9/c1-17(2)33-23-21(31-24(33)30-20-8-11-25-15-26-20)22(27-16-28-23)29-19-9-12-32(13-10-19)14-18-6-4-3-5-7-18/h3-8,11,15-17,19H,9-10,12-14H2,1-2H3,(H,27,28,29)(H,25,26,30,31). The summed E-state index contributed by atoms with van der Waals surface area (Å²) in [5.74, 6) is 2.17. The van der Waals surface area contributed by atoms with Crippen LogP contribution in [0.25, 0.3) is 11.2 Å². The highest BCUT2D eigenvalue weighted by Crippen LogP contribution is 2.29. The number of fused-ring (bicyclic) bond motifs is 1. The summed E-state index contributed by atoms with van der Waals surface area (Å²) in [6.45, 7) is 7.35. The molecular formula is C24H29N9. The molecule has 2 N–H and O–H groups in total. The molecule has 1 saturated heterocycles. The molecule has 0 saturated carbocycles. The van der Waals surface area contributed by atoms with Gasteiger partial charge in [-0.25, -0.2) is 24.9 Å². The molecule has 9 nitrogen and oxygen atoms in total. The minimum Gasteiger partial charge on any atom is -0.365 e. The number of piperidine rings is 1. The number of benzene rings is 1. The summed E-state index contributed by atoms with van der Waals surface area (Å²) in [4.78, 5) is 24.7. The Morgan fingerprint density at radius 2 is 1.82 bits per heavy atom. The summed E-state index contributed by atoms with van der Waals surface area (Å²) in [6.07, 6.45) is 6.96. The number of hydrogen-bond acceptors (Lipinski definition) is 8. The van der Waals surface area contributed by atoms with E-state index >= 15 is 0 Å². The summed E-state index contributed by atoms with van der Waals surface area (Å²) < 4.78 is 2.08. The van der Waals surface area contributed by atoms with E-state index in [1.165, 1.54) is 11.9 Å². The largest absolute Gasteiger partial charge is 0.365 e. The maximum atomic E-state index is 4.86. The second kappa shape index (κ2) is 9.50. The van der Waals surface area contributed by atoms with Gasteiger partial charge in [0, 0.05) is 37.9 Å². The molecule has 0 aliphatic carbocycles. The zero-order valence-electron chi connectivity index (χ0n) is 19.0. The smallest absolute Gasteiger partial charge is 0.211 e. The summed E-state index contributed by atoms with van der Waals surface area (Å²) in [5, 5.41) is 6.95. The number of hydrogen-bond donors (Lipinski definition) is 2. The molecule has 3 aromatic heterocycles. The highest BCUT2D eigenvalue weighted by Gasteiger charge is 2.23. The van der Waals surface area contributed by atoms with Crippen LogP contribution < -0.4 is 10.6 Å². The van der Waals surface area contributed by atoms with Crippen molar-refractivity contribution in [1.82, 2.24) is 34.4 Å². The van der Waals surface area contributed by atoms with Crippen LogP contribution in [0.15, 0.2) is 55.2 Å². The third-order valence-electron chi connectivity index (χ3n) is 5.99. The first-order valence-electron chi connectivity index (χ1n) is 11.5. The molecule has 0 radical (unpaired) electrons. The third-order valence-corrected chi connectivity index (χ3v) is 5.99. The molecular weight excluding hydrogens is 414 g/mol. The van der Waals surface area contributed by atoms with Gasteiger partial charge in [0.05, 0.1) is 0 Å². The second-order valence-corrected chi connectivity index (χ2v) is 8.69. The summed E-state index contributed by atoms with van der Waals surface area (Å²) in [6, 6.07) is 13.0. The van der Waals surface area contributed by atoms with Gasteiger partial charge in [-0.1, -0.05) is 30.3 Å². The lowest BCUT2D eigenvalue weighted by atomic mass is 10.0. The Kier molecular flexibility index (Phi) is 6.12. The molecule has 170 valence electrons. The van der Waals surface area contributed by atoms with E-state index in [9.17, 15) is 0 Å². The molecule has 4 heterocycles. The molecule has 1 aromatic carbocycles. The highest BCUT2D eigenvalue weighted by atomic mass is 15.3. The number of nitrogens with zero attached hydrogens (tertiary/aromatic N) is 7. The lowest BCUT2D eigenvalue weighted by molar-refractivity contribution is 0.211. The van der Waals surface area contributed by atoms with Gasteiger partial charge >= 0.3 is 0 Å². The van der Waals surface area contributed by atoms with Gasteiger partial charge in [0.25, 0.3) is 0 Å². The molecule has 9 heteroatoms. The number of imidazole rings is 1. The number of aromatic nitrogens is 6. The summed E-state index contributed by atoms with van der Waals surface area (Å²) in [7, 11) is 0. The van der Waals surface area contributed by atoms with Crippen molar-refractivity contribution in [2.45, 2.75) is 45.3 Å². The average molecular weight is 444 g/mol. The Hall–Kier alpha value is -3.59. The molecule has 0 amide bonds. The predicted octanol–water partition coefficient (Wildman–Crippen LogP) is 4.02. The van der Waals surface area contributed by atoms with E-state index < -0.39 is 0 Å². The van der Waals surface area contributed by atoms with Crippen molar-refractivity contribution < 1.29 is 0 Å². The fraction of sp³-hybridized carbons (Fsp3) is 0.375. The van der Waals surface area contributed by atoms with E-state index in [1.54, 1.807) is 12.5 Å². The zero-order chi connectivity index (χ0) is 22.6. The van der Waals surface area contributed by atoms with Crippen molar-refractivity contribution in [3.05, 3.63) is 60.8 Å². The van der Waals surface area contributed by atoms with E-state index in [0.29, 0.717) is 17.8 Å². The molecule has 0 unspecified atom stereocenters. The predicted molar refractivity (Wildman–Crippen MR) is 129 cm³/mol. The number of rotatable bonds is 7. The lowest BCUT2D eigenvalue weighted by Crippen LogP contribution is -2.38. The second-order valence-electron chi connectivity index (χ2n) is 8.69. The Morgan fingerprint density at radius 1 is 1.00 bits per heavy atom. The Labute approximate surface area is 193 Å². The maximum absolute atomic E-state index is 4.86. The Morgan fingerprint density at radius 3 is 2.55 bits per heavy atom. The topological polar surface area (TPSA) is 96.7 Å². The Bertz CT molecular complexity index is 1180. The first kappa shape index (κ1) is 21.3. The normalized spacial score (nSPS) is 15.2. The first-order valence-corrected chi connectivity index (χ1v) is 11.5. The van der Waals surface area contributed by atoms with Crippen molar-refractivity contribution in [3.8, 4) is 0 Å².